The Morgan fingerprint density at radius 1 is 1.16 bits per heavy atom. The maximum atomic E-state index is 12.5. The van der Waals surface area contributed by atoms with E-state index in [2.05, 4.69) is 15.0 Å². The highest BCUT2D eigenvalue weighted by Gasteiger charge is 2.25. The highest BCUT2D eigenvalue weighted by atomic mass is 16.2. The van der Waals surface area contributed by atoms with Crippen LogP contribution in [0.1, 0.15) is 29.0 Å². The molecule has 0 unspecified atom stereocenters. The maximum absolute atomic E-state index is 12.5. The van der Waals surface area contributed by atoms with Crippen molar-refractivity contribution in [3.63, 3.8) is 0 Å². The van der Waals surface area contributed by atoms with E-state index in [0.29, 0.717) is 19.0 Å². The lowest BCUT2D eigenvalue weighted by molar-refractivity contribution is 0.0688. The normalized spacial score (nSPS) is 15.6. The first-order chi connectivity index (χ1) is 12.2. The minimum absolute atomic E-state index is 0.177. The van der Waals surface area contributed by atoms with Crippen molar-refractivity contribution in [2.24, 2.45) is 5.92 Å². The zero-order valence-corrected chi connectivity index (χ0v) is 13.9. The summed E-state index contributed by atoms with van der Waals surface area (Å²) < 4.78 is 0. The highest BCUT2D eigenvalue weighted by molar-refractivity contribution is 5.93. The molecule has 3 heterocycles. The molecule has 0 saturated carbocycles. The summed E-state index contributed by atoms with van der Waals surface area (Å²) in [6, 6.07) is 11.3. The van der Waals surface area contributed by atoms with Gasteiger partial charge in [-0.25, -0.2) is 4.98 Å². The van der Waals surface area contributed by atoms with Gasteiger partial charge >= 0.3 is 0 Å². The van der Waals surface area contributed by atoms with Gasteiger partial charge in [0.1, 0.15) is 11.4 Å². The molecular weight excluding hydrogens is 316 g/mol. The molecule has 0 aliphatic carbocycles. The number of piperidine rings is 1. The number of nitrogens with zero attached hydrogens (tertiary/aromatic N) is 2. The molecule has 1 saturated heterocycles. The van der Waals surface area contributed by atoms with Crippen molar-refractivity contribution < 1.29 is 4.79 Å². The average molecular weight is 336 g/mol. The van der Waals surface area contributed by atoms with E-state index in [-0.39, 0.29) is 17.0 Å². The third-order valence-electron chi connectivity index (χ3n) is 4.87. The number of aromatic amines is 2. The van der Waals surface area contributed by atoms with Gasteiger partial charge in [0.2, 0.25) is 0 Å². The third kappa shape index (κ3) is 3.20. The Bertz CT molecular complexity index is 918. The Hall–Kier alpha value is -2.89. The standard InChI is InChI=1S/C19H20N4O2/c24-18-14(4-3-9-20-18)19(25)23-10-7-13(8-11-23)12-17-21-15-5-1-2-6-16(15)22-17/h1-6,9,13H,7-8,10-12H2,(H,20,24)(H,21,22). The molecule has 128 valence electrons. The molecule has 1 aliphatic heterocycles. The number of pyridine rings is 1. The number of carbonyl (C=O) groups is 1. The summed E-state index contributed by atoms with van der Waals surface area (Å²) in [5.74, 6) is 1.33. The van der Waals surface area contributed by atoms with Crippen LogP contribution in [-0.2, 0) is 6.42 Å². The van der Waals surface area contributed by atoms with Gasteiger partial charge in [-0.1, -0.05) is 12.1 Å². The van der Waals surface area contributed by atoms with Crippen molar-refractivity contribution in [1.82, 2.24) is 19.9 Å². The van der Waals surface area contributed by atoms with E-state index in [0.717, 1.165) is 36.1 Å². The molecule has 4 rings (SSSR count). The molecule has 6 nitrogen and oxygen atoms in total. The fourth-order valence-corrected chi connectivity index (χ4v) is 3.48. The van der Waals surface area contributed by atoms with Crippen LogP contribution < -0.4 is 5.56 Å². The topological polar surface area (TPSA) is 81.8 Å². The monoisotopic (exact) mass is 336 g/mol. The van der Waals surface area contributed by atoms with Crippen molar-refractivity contribution >= 4 is 16.9 Å². The lowest BCUT2D eigenvalue weighted by atomic mass is 9.93. The van der Waals surface area contributed by atoms with E-state index in [4.69, 9.17) is 0 Å². The maximum Gasteiger partial charge on any atom is 0.260 e. The van der Waals surface area contributed by atoms with Gasteiger partial charge in [0, 0.05) is 25.7 Å². The number of likely N-dealkylation sites (tertiary alicyclic amines) is 1. The number of hydrogen-bond acceptors (Lipinski definition) is 3. The molecule has 0 spiro atoms. The van der Waals surface area contributed by atoms with Gasteiger partial charge in [-0.2, -0.15) is 0 Å². The van der Waals surface area contributed by atoms with Crippen LogP contribution in [0.4, 0.5) is 0 Å². The summed E-state index contributed by atoms with van der Waals surface area (Å²) >= 11 is 0. The van der Waals surface area contributed by atoms with E-state index in [1.165, 1.54) is 0 Å². The minimum atomic E-state index is -0.322. The van der Waals surface area contributed by atoms with E-state index < -0.39 is 0 Å². The molecule has 1 aromatic carbocycles. The van der Waals surface area contributed by atoms with Gasteiger partial charge < -0.3 is 14.9 Å². The van der Waals surface area contributed by atoms with Crippen LogP contribution >= 0.6 is 0 Å². The number of amides is 1. The second kappa shape index (κ2) is 6.55. The number of benzene rings is 1. The van der Waals surface area contributed by atoms with Crippen molar-refractivity contribution in [3.8, 4) is 0 Å². The smallest absolute Gasteiger partial charge is 0.260 e. The second-order valence-corrected chi connectivity index (χ2v) is 6.55. The molecule has 2 aromatic heterocycles. The zero-order valence-electron chi connectivity index (χ0n) is 13.9. The van der Waals surface area contributed by atoms with Crippen LogP contribution in [0.3, 0.4) is 0 Å². The summed E-state index contributed by atoms with van der Waals surface area (Å²) in [7, 11) is 0. The number of hydrogen-bond donors (Lipinski definition) is 2. The summed E-state index contributed by atoms with van der Waals surface area (Å²) in [6.07, 6.45) is 4.28. The number of H-pyrrole nitrogens is 2. The average Bonchev–Trinajstić information content (AvgIpc) is 3.04. The summed E-state index contributed by atoms with van der Waals surface area (Å²) in [5.41, 5.74) is 1.96. The zero-order chi connectivity index (χ0) is 17.2. The Morgan fingerprint density at radius 3 is 2.72 bits per heavy atom. The van der Waals surface area contributed by atoms with Gasteiger partial charge in [-0.15, -0.1) is 0 Å². The molecule has 0 bridgehead atoms. The van der Waals surface area contributed by atoms with Crippen molar-refractivity contribution in [2.45, 2.75) is 19.3 Å². The van der Waals surface area contributed by atoms with Crippen LogP contribution in [0.15, 0.2) is 47.4 Å². The minimum Gasteiger partial charge on any atom is -0.342 e. The first-order valence-electron chi connectivity index (χ1n) is 8.61. The molecule has 1 fully saturated rings. The van der Waals surface area contributed by atoms with Gasteiger partial charge in [0.25, 0.3) is 11.5 Å². The van der Waals surface area contributed by atoms with Crippen LogP contribution in [0.5, 0.6) is 0 Å². The van der Waals surface area contributed by atoms with Crippen molar-refractivity contribution in [3.05, 3.63) is 64.3 Å². The molecule has 25 heavy (non-hydrogen) atoms. The number of imidazole rings is 1. The number of fused-ring (bicyclic) bond motifs is 1. The van der Waals surface area contributed by atoms with Crippen molar-refractivity contribution in [1.29, 1.82) is 0 Å². The third-order valence-corrected chi connectivity index (χ3v) is 4.87. The Morgan fingerprint density at radius 2 is 1.96 bits per heavy atom. The van der Waals surface area contributed by atoms with Crippen LogP contribution in [-0.4, -0.2) is 38.8 Å². The number of rotatable bonds is 3. The predicted molar refractivity (Wildman–Crippen MR) is 95.5 cm³/mol. The molecule has 0 radical (unpaired) electrons. The Kier molecular flexibility index (Phi) is 4.09. The first kappa shape index (κ1) is 15.6. The van der Waals surface area contributed by atoms with Crippen LogP contribution in [0.25, 0.3) is 11.0 Å². The number of para-hydroxylation sites is 2. The van der Waals surface area contributed by atoms with Crippen LogP contribution in [0, 0.1) is 5.92 Å². The molecule has 0 atom stereocenters. The highest BCUT2D eigenvalue weighted by Crippen LogP contribution is 2.22. The summed E-state index contributed by atoms with van der Waals surface area (Å²) in [4.78, 5) is 36.6. The fraction of sp³-hybridized carbons (Fsp3) is 0.316. The lowest BCUT2D eigenvalue weighted by Crippen LogP contribution is -2.40. The Balaban J connectivity index is 1.39. The SMILES string of the molecule is O=C(c1ccc[nH]c1=O)N1CCC(Cc2nc3ccccc3[nH]2)CC1. The van der Waals surface area contributed by atoms with Gasteiger partial charge in [0.05, 0.1) is 11.0 Å². The summed E-state index contributed by atoms with van der Waals surface area (Å²) in [5, 5.41) is 0. The molecule has 6 heteroatoms. The van der Waals surface area contributed by atoms with Gasteiger partial charge in [-0.05, 0) is 43.0 Å². The fourth-order valence-electron chi connectivity index (χ4n) is 3.48. The van der Waals surface area contributed by atoms with Crippen molar-refractivity contribution in [2.75, 3.05) is 13.1 Å². The predicted octanol–water partition coefficient (Wildman–Crippen LogP) is 2.35. The van der Waals surface area contributed by atoms with E-state index in [1.807, 2.05) is 24.3 Å². The second-order valence-electron chi connectivity index (χ2n) is 6.55. The number of nitrogens with one attached hydrogen (secondary N) is 2. The van der Waals surface area contributed by atoms with E-state index >= 15 is 0 Å². The van der Waals surface area contributed by atoms with Gasteiger partial charge in [-0.3, -0.25) is 9.59 Å². The molecular formula is C19H20N4O2. The molecule has 1 amide bonds. The quantitative estimate of drug-likeness (QED) is 0.770. The molecule has 3 aromatic rings. The lowest BCUT2D eigenvalue weighted by Gasteiger charge is -2.31. The Labute approximate surface area is 144 Å². The largest absolute Gasteiger partial charge is 0.342 e. The molecule has 2 N–H and O–H groups in total. The first-order valence-corrected chi connectivity index (χ1v) is 8.61. The summed E-state index contributed by atoms with van der Waals surface area (Å²) in [6.45, 7) is 1.36. The van der Waals surface area contributed by atoms with E-state index in [1.54, 1.807) is 23.2 Å². The molecule has 1 aliphatic rings. The number of carbonyl (C=O) groups excluding carboxylic acids is 1. The number of aromatic nitrogens is 3. The van der Waals surface area contributed by atoms with E-state index in [9.17, 15) is 9.59 Å². The van der Waals surface area contributed by atoms with Gasteiger partial charge in [0.15, 0.2) is 0 Å². The van der Waals surface area contributed by atoms with Crippen LogP contribution in [0.2, 0.25) is 0 Å².